The largest absolute Gasteiger partial charge is 0.313 e. The molecule has 18 heavy (non-hydrogen) atoms. The normalized spacial score (nSPS) is 10.2. The van der Waals surface area contributed by atoms with E-state index in [-0.39, 0.29) is 0 Å². The van der Waals surface area contributed by atoms with Gasteiger partial charge in [-0.1, -0.05) is 13.0 Å². The van der Waals surface area contributed by atoms with Gasteiger partial charge in [0.15, 0.2) is 5.16 Å². The smallest absolute Gasteiger partial charge is 0.188 e. The van der Waals surface area contributed by atoms with Crippen LogP contribution in [0.4, 0.5) is 0 Å². The molecule has 0 radical (unpaired) electrons. The summed E-state index contributed by atoms with van der Waals surface area (Å²) in [6.07, 6.45) is 1.45. The van der Waals surface area contributed by atoms with Crippen molar-refractivity contribution in [3.8, 4) is 6.07 Å². The maximum absolute atomic E-state index is 9.17. The molecule has 1 aromatic carbocycles. The van der Waals surface area contributed by atoms with Crippen molar-refractivity contribution in [1.82, 2.24) is 20.5 Å². The second-order valence-electron chi connectivity index (χ2n) is 3.62. The fraction of sp³-hybridized carbons (Fsp3) is 0.250. The van der Waals surface area contributed by atoms with Crippen molar-refractivity contribution in [2.45, 2.75) is 23.5 Å². The lowest BCUT2D eigenvalue weighted by Crippen LogP contribution is -2.11. The summed E-state index contributed by atoms with van der Waals surface area (Å²) < 4.78 is 0. The molecular weight excluding hydrogens is 246 g/mol. The first-order valence-corrected chi connectivity index (χ1v) is 6.42. The summed E-state index contributed by atoms with van der Waals surface area (Å²) in [4.78, 5) is 4.92. The van der Waals surface area contributed by atoms with Gasteiger partial charge >= 0.3 is 0 Å². The number of aromatic nitrogens is 3. The minimum Gasteiger partial charge on any atom is -0.313 e. The Hall–Kier alpha value is -1.84. The van der Waals surface area contributed by atoms with Gasteiger partial charge in [-0.25, -0.2) is 4.98 Å². The van der Waals surface area contributed by atoms with E-state index in [0.717, 1.165) is 23.5 Å². The average Bonchev–Trinajstić information content (AvgIpc) is 2.90. The van der Waals surface area contributed by atoms with Crippen molar-refractivity contribution in [2.24, 2.45) is 0 Å². The summed E-state index contributed by atoms with van der Waals surface area (Å²) in [5.41, 5.74) is 1.77. The molecule has 0 fully saturated rings. The summed E-state index contributed by atoms with van der Waals surface area (Å²) in [6, 6.07) is 8.08. The minimum absolute atomic E-state index is 0.659. The molecule has 0 unspecified atom stereocenters. The summed E-state index contributed by atoms with van der Waals surface area (Å²) in [5.74, 6) is 0. The Labute approximate surface area is 110 Å². The van der Waals surface area contributed by atoms with E-state index < -0.39 is 0 Å². The predicted molar refractivity (Wildman–Crippen MR) is 69.0 cm³/mol. The number of benzene rings is 1. The highest BCUT2D eigenvalue weighted by molar-refractivity contribution is 7.99. The Morgan fingerprint density at radius 1 is 1.50 bits per heavy atom. The molecular formula is C12H13N5S. The Bertz CT molecular complexity index is 544. The van der Waals surface area contributed by atoms with E-state index in [0.29, 0.717) is 10.7 Å². The van der Waals surface area contributed by atoms with E-state index in [4.69, 9.17) is 5.26 Å². The molecule has 0 spiro atoms. The quantitative estimate of drug-likeness (QED) is 0.858. The third-order valence-corrected chi connectivity index (χ3v) is 3.31. The molecule has 0 saturated heterocycles. The third-order valence-electron chi connectivity index (χ3n) is 2.34. The molecule has 0 bridgehead atoms. The molecule has 5 nitrogen and oxygen atoms in total. The zero-order valence-corrected chi connectivity index (χ0v) is 10.8. The van der Waals surface area contributed by atoms with Gasteiger partial charge in [-0.3, -0.25) is 5.10 Å². The first-order valence-electron chi connectivity index (χ1n) is 5.60. The van der Waals surface area contributed by atoms with Gasteiger partial charge in [-0.2, -0.15) is 10.4 Å². The first kappa shape index (κ1) is 12.6. The van der Waals surface area contributed by atoms with E-state index in [1.165, 1.54) is 18.1 Å². The lowest BCUT2D eigenvalue weighted by atomic mass is 10.1. The Morgan fingerprint density at radius 2 is 2.39 bits per heavy atom. The van der Waals surface area contributed by atoms with Crippen LogP contribution in [0, 0.1) is 11.3 Å². The molecule has 0 saturated carbocycles. The van der Waals surface area contributed by atoms with Crippen molar-refractivity contribution >= 4 is 11.8 Å². The maximum atomic E-state index is 9.17. The molecule has 2 aromatic rings. The van der Waals surface area contributed by atoms with Crippen molar-refractivity contribution < 1.29 is 0 Å². The predicted octanol–water partition coefficient (Wildman–Crippen LogP) is 1.94. The van der Waals surface area contributed by atoms with Crippen molar-refractivity contribution in [2.75, 3.05) is 6.54 Å². The zero-order valence-electron chi connectivity index (χ0n) is 9.97. The number of rotatable bonds is 5. The molecule has 6 heteroatoms. The highest BCUT2D eigenvalue weighted by Gasteiger charge is 2.07. The number of nitrogens with one attached hydrogen (secondary N) is 2. The fourth-order valence-corrected chi connectivity index (χ4v) is 2.24. The highest BCUT2D eigenvalue weighted by Crippen LogP contribution is 2.27. The van der Waals surface area contributed by atoms with Crippen molar-refractivity contribution in [3.05, 3.63) is 35.7 Å². The molecule has 2 N–H and O–H groups in total. The van der Waals surface area contributed by atoms with Gasteiger partial charge < -0.3 is 5.32 Å². The van der Waals surface area contributed by atoms with Gasteiger partial charge in [0.25, 0.3) is 0 Å². The van der Waals surface area contributed by atoms with E-state index in [1.807, 2.05) is 18.2 Å². The second-order valence-corrected chi connectivity index (χ2v) is 4.65. The summed E-state index contributed by atoms with van der Waals surface area (Å²) in [6.45, 7) is 3.74. The Kier molecular flexibility index (Phi) is 4.34. The average molecular weight is 259 g/mol. The topological polar surface area (TPSA) is 77.4 Å². The number of aromatic amines is 1. The van der Waals surface area contributed by atoms with Crippen LogP contribution in [0.25, 0.3) is 0 Å². The van der Waals surface area contributed by atoms with Crippen LogP contribution < -0.4 is 5.32 Å². The fourth-order valence-electron chi connectivity index (χ4n) is 1.48. The lowest BCUT2D eigenvalue weighted by Gasteiger charge is -2.05. The van der Waals surface area contributed by atoms with E-state index in [1.54, 1.807) is 0 Å². The molecule has 92 valence electrons. The second kappa shape index (κ2) is 6.19. The lowest BCUT2D eigenvalue weighted by molar-refractivity contribution is 0.726. The van der Waals surface area contributed by atoms with Crippen LogP contribution in [0.3, 0.4) is 0 Å². The standard InChI is InChI=1S/C12H13N5S/c1-2-14-7-9-3-4-11(10(5-9)6-13)18-12-15-8-16-17-12/h3-5,8,14H,2,7H2,1H3,(H,15,16,17). The SMILES string of the molecule is CCNCc1ccc(Sc2ncn[nH]2)c(C#N)c1. The number of nitrogens with zero attached hydrogens (tertiary/aromatic N) is 3. The van der Waals surface area contributed by atoms with Crippen LogP contribution in [0.5, 0.6) is 0 Å². The molecule has 1 heterocycles. The zero-order chi connectivity index (χ0) is 12.8. The van der Waals surface area contributed by atoms with Crippen molar-refractivity contribution in [3.63, 3.8) is 0 Å². The molecule has 0 aliphatic carbocycles. The number of hydrogen-bond acceptors (Lipinski definition) is 5. The van der Waals surface area contributed by atoms with Crippen molar-refractivity contribution in [1.29, 1.82) is 5.26 Å². The number of H-pyrrole nitrogens is 1. The van der Waals surface area contributed by atoms with Gasteiger partial charge in [-0.15, -0.1) is 0 Å². The molecule has 0 aliphatic heterocycles. The van der Waals surface area contributed by atoms with E-state index in [2.05, 4.69) is 33.5 Å². The van der Waals surface area contributed by atoms with Gasteiger partial charge in [-0.05, 0) is 36.0 Å². The highest BCUT2D eigenvalue weighted by atomic mass is 32.2. The third kappa shape index (κ3) is 3.09. The molecule has 2 rings (SSSR count). The summed E-state index contributed by atoms with van der Waals surface area (Å²) in [7, 11) is 0. The maximum Gasteiger partial charge on any atom is 0.188 e. The monoisotopic (exact) mass is 259 g/mol. The summed E-state index contributed by atoms with van der Waals surface area (Å²) in [5, 5.41) is 19.6. The molecule has 1 aromatic heterocycles. The van der Waals surface area contributed by atoms with Crippen LogP contribution in [0.2, 0.25) is 0 Å². The first-order chi connectivity index (χ1) is 8.83. The Balaban J connectivity index is 2.18. The molecule has 0 aliphatic rings. The van der Waals surface area contributed by atoms with Gasteiger partial charge in [0.2, 0.25) is 0 Å². The number of hydrogen-bond donors (Lipinski definition) is 2. The van der Waals surface area contributed by atoms with Crippen LogP contribution in [-0.2, 0) is 6.54 Å². The molecule has 0 atom stereocenters. The minimum atomic E-state index is 0.659. The molecule has 0 amide bonds. The Morgan fingerprint density at radius 3 is 3.06 bits per heavy atom. The number of nitriles is 1. The van der Waals surface area contributed by atoms with Gasteiger partial charge in [0, 0.05) is 11.4 Å². The van der Waals surface area contributed by atoms with Crippen LogP contribution in [0.15, 0.2) is 34.6 Å². The van der Waals surface area contributed by atoms with E-state index >= 15 is 0 Å². The van der Waals surface area contributed by atoms with Gasteiger partial charge in [0.1, 0.15) is 12.4 Å². The van der Waals surface area contributed by atoms with Crippen LogP contribution in [-0.4, -0.2) is 21.7 Å². The van der Waals surface area contributed by atoms with Crippen LogP contribution in [0.1, 0.15) is 18.1 Å². The van der Waals surface area contributed by atoms with E-state index in [9.17, 15) is 0 Å². The van der Waals surface area contributed by atoms with Gasteiger partial charge in [0.05, 0.1) is 5.56 Å². The van der Waals surface area contributed by atoms with Crippen LogP contribution >= 0.6 is 11.8 Å². The summed E-state index contributed by atoms with van der Waals surface area (Å²) >= 11 is 1.41.